The number of nitrogens with zero attached hydrogens (tertiary/aromatic N) is 1. The zero-order chi connectivity index (χ0) is 13.5. The summed E-state index contributed by atoms with van der Waals surface area (Å²) in [5, 5.41) is 0. The second kappa shape index (κ2) is 7.77. The van der Waals surface area contributed by atoms with Crippen LogP contribution in [0.5, 0.6) is 5.75 Å². The number of halogens is 1. The van der Waals surface area contributed by atoms with E-state index in [1.165, 1.54) is 5.56 Å². The fourth-order valence-corrected chi connectivity index (χ4v) is 2.68. The Morgan fingerprint density at radius 2 is 2.17 bits per heavy atom. The lowest BCUT2D eigenvalue weighted by Crippen LogP contribution is -2.25. The molecule has 0 aliphatic carbocycles. The summed E-state index contributed by atoms with van der Waals surface area (Å²) in [5.74, 6) is 1.51. The molecular formula is C14H23BrN2O. The van der Waals surface area contributed by atoms with Gasteiger partial charge in [0.1, 0.15) is 5.75 Å². The first-order valence-corrected chi connectivity index (χ1v) is 7.07. The van der Waals surface area contributed by atoms with E-state index in [0.29, 0.717) is 5.92 Å². The van der Waals surface area contributed by atoms with Crippen molar-refractivity contribution >= 4 is 15.9 Å². The number of benzene rings is 1. The Hall–Kier alpha value is -0.580. The van der Waals surface area contributed by atoms with E-state index in [1.54, 1.807) is 7.11 Å². The van der Waals surface area contributed by atoms with E-state index in [-0.39, 0.29) is 0 Å². The molecule has 0 aliphatic heterocycles. The molecule has 1 rings (SSSR count). The third-order valence-electron chi connectivity index (χ3n) is 2.95. The molecule has 0 aliphatic rings. The van der Waals surface area contributed by atoms with Crippen molar-refractivity contribution in [2.24, 2.45) is 11.7 Å². The average molecular weight is 315 g/mol. The molecule has 3 nitrogen and oxygen atoms in total. The number of nitrogens with two attached hydrogens (primary N) is 1. The van der Waals surface area contributed by atoms with Crippen LogP contribution < -0.4 is 10.5 Å². The van der Waals surface area contributed by atoms with Gasteiger partial charge in [0.15, 0.2) is 0 Å². The molecule has 1 atom stereocenters. The molecule has 0 saturated carbocycles. The quantitative estimate of drug-likeness (QED) is 0.841. The zero-order valence-corrected chi connectivity index (χ0v) is 13.0. The highest BCUT2D eigenvalue weighted by atomic mass is 79.9. The first-order chi connectivity index (χ1) is 8.56. The summed E-state index contributed by atoms with van der Waals surface area (Å²) in [6.45, 7) is 5.02. The molecule has 0 aromatic heterocycles. The Bertz CT molecular complexity index is 371. The van der Waals surface area contributed by atoms with Crippen LogP contribution in [0.15, 0.2) is 22.7 Å². The number of ether oxygens (including phenoxy) is 1. The monoisotopic (exact) mass is 314 g/mol. The molecule has 0 saturated heterocycles. The summed E-state index contributed by atoms with van der Waals surface area (Å²) in [7, 11) is 3.82. The number of rotatable bonds is 7. The molecule has 0 radical (unpaired) electrons. The summed E-state index contributed by atoms with van der Waals surface area (Å²) in [6, 6.07) is 6.22. The minimum absolute atomic E-state index is 0.640. The lowest BCUT2D eigenvalue weighted by molar-refractivity contribution is 0.273. The lowest BCUT2D eigenvalue weighted by Gasteiger charge is -2.21. The van der Waals surface area contributed by atoms with Crippen LogP contribution in [0, 0.1) is 5.92 Å². The van der Waals surface area contributed by atoms with Crippen LogP contribution in [0.3, 0.4) is 0 Å². The van der Waals surface area contributed by atoms with E-state index in [4.69, 9.17) is 10.5 Å². The van der Waals surface area contributed by atoms with E-state index < -0.39 is 0 Å². The van der Waals surface area contributed by atoms with Crippen molar-refractivity contribution in [3.8, 4) is 5.75 Å². The van der Waals surface area contributed by atoms with Crippen LogP contribution in [0.4, 0.5) is 0 Å². The highest BCUT2D eigenvalue weighted by molar-refractivity contribution is 9.10. The SMILES string of the molecule is COc1ccc(CN(C)CC(C)CCN)cc1Br. The first-order valence-electron chi connectivity index (χ1n) is 6.27. The predicted molar refractivity (Wildman–Crippen MR) is 79.9 cm³/mol. The highest BCUT2D eigenvalue weighted by Crippen LogP contribution is 2.26. The predicted octanol–water partition coefficient (Wildman–Crippen LogP) is 2.87. The van der Waals surface area contributed by atoms with Gasteiger partial charge in [0.2, 0.25) is 0 Å². The lowest BCUT2D eigenvalue weighted by atomic mass is 10.1. The highest BCUT2D eigenvalue weighted by Gasteiger charge is 2.08. The van der Waals surface area contributed by atoms with Gasteiger partial charge in [0, 0.05) is 13.1 Å². The Balaban J connectivity index is 2.54. The molecule has 1 aromatic carbocycles. The maximum atomic E-state index is 5.57. The third kappa shape index (κ3) is 4.96. The van der Waals surface area contributed by atoms with Crippen LogP contribution in [0.25, 0.3) is 0 Å². The standard InChI is InChI=1S/C14H23BrN2O/c1-11(6-7-16)9-17(2)10-12-4-5-14(18-3)13(15)8-12/h4-5,8,11H,6-7,9-10,16H2,1-3H3. The molecule has 0 bridgehead atoms. The van der Waals surface area contributed by atoms with Gasteiger partial charge in [-0.2, -0.15) is 0 Å². The molecule has 0 heterocycles. The normalized spacial score (nSPS) is 12.8. The van der Waals surface area contributed by atoms with E-state index in [9.17, 15) is 0 Å². The van der Waals surface area contributed by atoms with E-state index in [1.807, 2.05) is 6.07 Å². The molecule has 0 amide bonds. The molecule has 18 heavy (non-hydrogen) atoms. The Morgan fingerprint density at radius 3 is 2.72 bits per heavy atom. The Labute approximate surface area is 118 Å². The third-order valence-corrected chi connectivity index (χ3v) is 3.57. The smallest absolute Gasteiger partial charge is 0.133 e. The van der Waals surface area contributed by atoms with Gasteiger partial charge in [-0.25, -0.2) is 0 Å². The van der Waals surface area contributed by atoms with Gasteiger partial charge in [0.05, 0.1) is 11.6 Å². The van der Waals surface area contributed by atoms with Crippen molar-refractivity contribution in [1.82, 2.24) is 4.90 Å². The Kier molecular flexibility index (Phi) is 6.68. The van der Waals surface area contributed by atoms with Crippen molar-refractivity contribution in [2.45, 2.75) is 19.9 Å². The minimum atomic E-state index is 0.640. The summed E-state index contributed by atoms with van der Waals surface area (Å²) >= 11 is 3.51. The van der Waals surface area contributed by atoms with Crippen molar-refractivity contribution < 1.29 is 4.74 Å². The topological polar surface area (TPSA) is 38.5 Å². The Morgan fingerprint density at radius 1 is 1.44 bits per heavy atom. The molecule has 2 N–H and O–H groups in total. The molecule has 1 unspecified atom stereocenters. The van der Waals surface area contributed by atoms with Crippen LogP contribution in [-0.4, -0.2) is 32.1 Å². The first kappa shape index (κ1) is 15.5. The van der Waals surface area contributed by atoms with E-state index in [0.717, 1.165) is 36.3 Å². The molecule has 102 valence electrons. The molecule has 0 spiro atoms. The van der Waals surface area contributed by atoms with Crippen molar-refractivity contribution in [3.05, 3.63) is 28.2 Å². The van der Waals surface area contributed by atoms with Crippen LogP contribution in [0.1, 0.15) is 18.9 Å². The van der Waals surface area contributed by atoms with E-state index in [2.05, 4.69) is 46.9 Å². The van der Waals surface area contributed by atoms with Crippen molar-refractivity contribution in [1.29, 1.82) is 0 Å². The van der Waals surface area contributed by atoms with Crippen molar-refractivity contribution in [3.63, 3.8) is 0 Å². The second-order valence-corrected chi connectivity index (χ2v) is 5.70. The number of methoxy groups -OCH3 is 1. The fourth-order valence-electron chi connectivity index (χ4n) is 2.09. The van der Waals surface area contributed by atoms with Gasteiger partial charge >= 0.3 is 0 Å². The zero-order valence-electron chi connectivity index (χ0n) is 11.4. The van der Waals surface area contributed by atoms with Crippen LogP contribution in [-0.2, 0) is 6.54 Å². The van der Waals surface area contributed by atoms with Gasteiger partial charge in [-0.15, -0.1) is 0 Å². The fraction of sp³-hybridized carbons (Fsp3) is 0.571. The molecule has 4 heteroatoms. The van der Waals surface area contributed by atoms with Gasteiger partial charge in [-0.3, -0.25) is 0 Å². The maximum Gasteiger partial charge on any atom is 0.133 e. The summed E-state index contributed by atoms with van der Waals surface area (Å²) < 4.78 is 6.23. The van der Waals surface area contributed by atoms with Gasteiger partial charge in [0.25, 0.3) is 0 Å². The summed E-state index contributed by atoms with van der Waals surface area (Å²) in [4.78, 5) is 2.33. The summed E-state index contributed by atoms with van der Waals surface area (Å²) in [6.07, 6.45) is 1.08. The number of hydrogen-bond acceptors (Lipinski definition) is 3. The second-order valence-electron chi connectivity index (χ2n) is 4.85. The van der Waals surface area contributed by atoms with Gasteiger partial charge < -0.3 is 15.4 Å². The van der Waals surface area contributed by atoms with E-state index >= 15 is 0 Å². The average Bonchev–Trinajstić information content (AvgIpc) is 2.29. The van der Waals surface area contributed by atoms with Crippen LogP contribution >= 0.6 is 15.9 Å². The van der Waals surface area contributed by atoms with Crippen molar-refractivity contribution in [2.75, 3.05) is 27.2 Å². The number of hydrogen-bond donors (Lipinski definition) is 1. The van der Waals surface area contributed by atoms with Gasteiger partial charge in [-0.1, -0.05) is 13.0 Å². The van der Waals surface area contributed by atoms with Gasteiger partial charge in [-0.05, 0) is 59.6 Å². The molecular weight excluding hydrogens is 292 g/mol. The molecule has 0 fully saturated rings. The molecule has 1 aromatic rings. The largest absolute Gasteiger partial charge is 0.496 e. The maximum absolute atomic E-state index is 5.57. The minimum Gasteiger partial charge on any atom is -0.496 e. The summed E-state index contributed by atoms with van der Waals surface area (Å²) in [5.41, 5.74) is 6.85. The van der Waals surface area contributed by atoms with Crippen LogP contribution in [0.2, 0.25) is 0 Å².